The van der Waals surface area contributed by atoms with Crippen LogP contribution in [0.4, 0.5) is 0 Å². The number of aryl methyl sites for hydroxylation is 1. The Kier molecular flexibility index (Phi) is 3.50. The number of methoxy groups -OCH3 is 2. The third-order valence-electron chi connectivity index (χ3n) is 4.62. The summed E-state index contributed by atoms with van der Waals surface area (Å²) in [5.74, 6) is 1.28. The van der Waals surface area contributed by atoms with Crippen molar-refractivity contribution < 1.29 is 9.47 Å². The lowest BCUT2D eigenvalue weighted by Gasteiger charge is -2.08. The Morgan fingerprint density at radius 2 is 1.68 bits per heavy atom. The first kappa shape index (κ1) is 15.3. The van der Waals surface area contributed by atoms with Crippen LogP contribution in [0.1, 0.15) is 0 Å². The van der Waals surface area contributed by atoms with Gasteiger partial charge in [0.1, 0.15) is 5.52 Å². The molecule has 0 spiro atoms. The molecule has 0 aliphatic heterocycles. The van der Waals surface area contributed by atoms with Gasteiger partial charge < -0.3 is 19.0 Å². The van der Waals surface area contributed by atoms with E-state index in [9.17, 15) is 4.79 Å². The second-order valence-corrected chi connectivity index (χ2v) is 5.90. The van der Waals surface area contributed by atoms with E-state index in [4.69, 9.17) is 9.47 Å². The number of hydrogen-bond acceptors (Lipinski definition) is 3. The summed E-state index contributed by atoms with van der Waals surface area (Å²) in [6.07, 6.45) is 1.77. The number of fused-ring (bicyclic) bond motifs is 3. The van der Waals surface area contributed by atoms with E-state index in [1.54, 1.807) is 20.4 Å². The number of benzene rings is 2. The second kappa shape index (κ2) is 5.70. The third kappa shape index (κ3) is 2.20. The van der Waals surface area contributed by atoms with E-state index >= 15 is 0 Å². The van der Waals surface area contributed by atoms with E-state index in [2.05, 4.69) is 4.98 Å². The van der Waals surface area contributed by atoms with Crippen LogP contribution < -0.4 is 15.0 Å². The van der Waals surface area contributed by atoms with Crippen molar-refractivity contribution in [3.8, 4) is 22.6 Å². The molecule has 0 aliphatic carbocycles. The number of nitrogens with zero attached hydrogens (tertiary/aromatic N) is 1. The van der Waals surface area contributed by atoms with Gasteiger partial charge in [-0.1, -0.05) is 30.3 Å². The zero-order valence-corrected chi connectivity index (χ0v) is 14.3. The molecule has 0 saturated heterocycles. The Morgan fingerprint density at radius 1 is 1.00 bits per heavy atom. The topological polar surface area (TPSA) is 56.2 Å². The average Bonchev–Trinajstić information content (AvgIpc) is 2.94. The quantitative estimate of drug-likeness (QED) is 0.621. The number of pyridine rings is 1. The van der Waals surface area contributed by atoms with Crippen LogP contribution in [0.25, 0.3) is 32.9 Å². The number of aromatic amines is 1. The minimum Gasteiger partial charge on any atom is -0.493 e. The molecule has 2 aromatic heterocycles. The molecule has 2 aromatic carbocycles. The molecule has 5 nitrogen and oxygen atoms in total. The van der Waals surface area contributed by atoms with Crippen LogP contribution in [-0.2, 0) is 7.05 Å². The highest BCUT2D eigenvalue weighted by molar-refractivity contribution is 6.15. The van der Waals surface area contributed by atoms with Crippen LogP contribution in [0.3, 0.4) is 0 Å². The van der Waals surface area contributed by atoms with Crippen molar-refractivity contribution in [3.05, 3.63) is 59.0 Å². The fourth-order valence-corrected chi connectivity index (χ4v) is 3.42. The van der Waals surface area contributed by atoms with Crippen LogP contribution in [0.2, 0.25) is 0 Å². The third-order valence-corrected chi connectivity index (χ3v) is 4.62. The lowest BCUT2D eigenvalue weighted by atomic mass is 10.0. The molecular weight excluding hydrogens is 316 g/mol. The molecule has 0 amide bonds. The number of ether oxygens (including phenoxy) is 2. The molecule has 0 bridgehead atoms. The van der Waals surface area contributed by atoms with E-state index in [1.807, 2.05) is 54.1 Å². The van der Waals surface area contributed by atoms with Gasteiger partial charge in [0, 0.05) is 35.6 Å². The van der Waals surface area contributed by atoms with E-state index in [0.29, 0.717) is 17.0 Å². The Labute approximate surface area is 144 Å². The second-order valence-electron chi connectivity index (χ2n) is 5.90. The normalized spacial score (nSPS) is 11.2. The molecule has 2 heterocycles. The molecule has 5 heteroatoms. The summed E-state index contributed by atoms with van der Waals surface area (Å²) in [4.78, 5) is 15.4. The van der Waals surface area contributed by atoms with Gasteiger partial charge in [-0.15, -0.1) is 0 Å². The molecule has 4 aromatic rings. The first-order valence-electron chi connectivity index (χ1n) is 7.97. The summed E-state index contributed by atoms with van der Waals surface area (Å²) in [7, 11) is 5.11. The summed E-state index contributed by atoms with van der Waals surface area (Å²) in [6.45, 7) is 0. The highest BCUT2D eigenvalue weighted by Crippen LogP contribution is 2.39. The van der Waals surface area contributed by atoms with E-state index in [0.717, 1.165) is 27.4 Å². The molecule has 0 aliphatic rings. The van der Waals surface area contributed by atoms with Crippen molar-refractivity contribution in [1.29, 1.82) is 0 Å². The number of nitrogens with one attached hydrogen (secondary N) is 1. The van der Waals surface area contributed by atoms with E-state index in [1.165, 1.54) is 0 Å². The van der Waals surface area contributed by atoms with Crippen LogP contribution in [0.15, 0.2) is 53.5 Å². The minimum atomic E-state index is -0.119. The van der Waals surface area contributed by atoms with Gasteiger partial charge in [0.2, 0.25) is 0 Å². The molecule has 1 N–H and O–H groups in total. The van der Waals surface area contributed by atoms with Gasteiger partial charge in [-0.3, -0.25) is 4.79 Å². The lowest BCUT2D eigenvalue weighted by molar-refractivity contribution is 0.356. The molecule has 126 valence electrons. The van der Waals surface area contributed by atoms with Gasteiger partial charge >= 0.3 is 0 Å². The maximum atomic E-state index is 12.5. The predicted molar refractivity (Wildman–Crippen MR) is 99.6 cm³/mol. The predicted octanol–water partition coefficient (Wildman–Crippen LogP) is 3.70. The van der Waals surface area contributed by atoms with Gasteiger partial charge in [-0.2, -0.15) is 0 Å². The van der Waals surface area contributed by atoms with Gasteiger partial charge in [-0.05, 0) is 11.6 Å². The van der Waals surface area contributed by atoms with Gasteiger partial charge in [0.25, 0.3) is 5.56 Å². The standard InChI is InChI=1S/C20H18N2O3/c1-22-15-10-17(25-3)16(24-2)9-13(15)18-14(11-21-20(23)19(18)22)12-7-5-4-6-8-12/h4-11H,1-3H3,(H,21,23). The number of rotatable bonds is 3. The minimum absolute atomic E-state index is 0.119. The largest absolute Gasteiger partial charge is 0.493 e. The monoisotopic (exact) mass is 334 g/mol. The molecule has 0 unspecified atom stereocenters. The van der Waals surface area contributed by atoms with Crippen molar-refractivity contribution in [2.24, 2.45) is 7.05 Å². The molecular formula is C20H18N2O3. The van der Waals surface area contributed by atoms with Gasteiger partial charge in [0.05, 0.1) is 19.7 Å². The fraction of sp³-hybridized carbons (Fsp3) is 0.150. The summed E-state index contributed by atoms with van der Waals surface area (Å²) < 4.78 is 12.8. The van der Waals surface area contributed by atoms with Crippen molar-refractivity contribution in [2.75, 3.05) is 14.2 Å². The first-order valence-corrected chi connectivity index (χ1v) is 7.97. The Bertz CT molecular complexity index is 1140. The Morgan fingerprint density at radius 3 is 2.36 bits per heavy atom. The molecule has 0 atom stereocenters. The van der Waals surface area contributed by atoms with Crippen molar-refractivity contribution in [2.45, 2.75) is 0 Å². The molecule has 25 heavy (non-hydrogen) atoms. The van der Waals surface area contributed by atoms with Crippen molar-refractivity contribution >= 4 is 21.8 Å². The number of hydrogen-bond donors (Lipinski definition) is 1. The maximum absolute atomic E-state index is 12.5. The van der Waals surface area contributed by atoms with Crippen molar-refractivity contribution in [3.63, 3.8) is 0 Å². The fourth-order valence-electron chi connectivity index (χ4n) is 3.42. The van der Waals surface area contributed by atoms with Crippen LogP contribution in [-0.4, -0.2) is 23.8 Å². The van der Waals surface area contributed by atoms with Crippen molar-refractivity contribution in [1.82, 2.24) is 9.55 Å². The smallest absolute Gasteiger partial charge is 0.272 e. The highest BCUT2D eigenvalue weighted by atomic mass is 16.5. The van der Waals surface area contributed by atoms with Crippen LogP contribution in [0, 0.1) is 0 Å². The molecule has 0 fully saturated rings. The summed E-state index contributed by atoms with van der Waals surface area (Å²) in [5, 5.41) is 1.87. The highest BCUT2D eigenvalue weighted by Gasteiger charge is 2.18. The number of H-pyrrole nitrogens is 1. The first-order chi connectivity index (χ1) is 12.2. The maximum Gasteiger partial charge on any atom is 0.272 e. The number of aromatic nitrogens is 2. The molecule has 0 radical (unpaired) electrons. The van der Waals surface area contributed by atoms with E-state index < -0.39 is 0 Å². The Hall–Kier alpha value is -3.21. The summed E-state index contributed by atoms with van der Waals surface area (Å²) >= 11 is 0. The average molecular weight is 334 g/mol. The SMILES string of the molecule is COc1cc2c3c(-c4ccccc4)c[nH]c(=O)c3n(C)c2cc1OC. The zero-order chi connectivity index (χ0) is 17.6. The molecule has 0 saturated carbocycles. The lowest BCUT2D eigenvalue weighted by Crippen LogP contribution is -2.09. The summed E-state index contributed by atoms with van der Waals surface area (Å²) in [5.41, 5.74) is 3.46. The van der Waals surface area contributed by atoms with Gasteiger partial charge in [0.15, 0.2) is 11.5 Å². The zero-order valence-electron chi connectivity index (χ0n) is 14.3. The van der Waals surface area contributed by atoms with Gasteiger partial charge in [-0.25, -0.2) is 0 Å². The van der Waals surface area contributed by atoms with E-state index in [-0.39, 0.29) is 5.56 Å². The van der Waals surface area contributed by atoms with Crippen LogP contribution in [0.5, 0.6) is 11.5 Å². The Balaban J connectivity index is 2.22. The molecule has 4 rings (SSSR count). The summed E-state index contributed by atoms with van der Waals surface area (Å²) in [6, 6.07) is 13.9. The van der Waals surface area contributed by atoms with Crippen LogP contribution >= 0.6 is 0 Å².